The van der Waals surface area contributed by atoms with Gasteiger partial charge in [-0.25, -0.2) is 0 Å². The smallest absolute Gasteiger partial charge is 0.238 e. The minimum atomic E-state index is -0.0957. The zero-order valence-electron chi connectivity index (χ0n) is 11.5. The van der Waals surface area contributed by atoms with E-state index in [1.165, 1.54) is 0 Å². The molecule has 4 nitrogen and oxygen atoms in total. The number of phenolic OH excluding ortho intramolecular Hbond substituents is 1. The van der Waals surface area contributed by atoms with Gasteiger partial charge in [-0.2, -0.15) is 0 Å². The molecular weight excluding hydrogens is 228 g/mol. The summed E-state index contributed by atoms with van der Waals surface area (Å²) in [7, 11) is 0. The van der Waals surface area contributed by atoms with Crippen molar-refractivity contribution in [3.63, 3.8) is 0 Å². The Morgan fingerprint density at radius 2 is 2.06 bits per heavy atom. The molecule has 0 fully saturated rings. The van der Waals surface area contributed by atoms with E-state index in [0.717, 1.165) is 12.0 Å². The van der Waals surface area contributed by atoms with Crippen molar-refractivity contribution in [3.8, 4) is 5.75 Å². The molecule has 100 valence electrons. The molecule has 0 saturated carbocycles. The minimum Gasteiger partial charge on any atom is -0.507 e. The first-order valence-corrected chi connectivity index (χ1v) is 6.28. The van der Waals surface area contributed by atoms with Gasteiger partial charge in [0.25, 0.3) is 0 Å². The Bertz CT molecular complexity index is 430. The molecule has 1 atom stereocenters. The highest BCUT2D eigenvalue weighted by molar-refractivity contribution is 5.93. The lowest BCUT2D eigenvalue weighted by atomic mass is 10.1. The number of rotatable bonds is 5. The zero-order valence-corrected chi connectivity index (χ0v) is 11.5. The number of anilines is 1. The fraction of sp³-hybridized carbons (Fsp3) is 0.500. The first kappa shape index (κ1) is 14.5. The highest BCUT2D eigenvalue weighted by atomic mass is 16.3. The van der Waals surface area contributed by atoms with Gasteiger partial charge in [-0.15, -0.1) is 0 Å². The molecule has 0 aliphatic rings. The number of benzene rings is 1. The number of amides is 1. The van der Waals surface area contributed by atoms with Crippen LogP contribution >= 0.6 is 0 Å². The van der Waals surface area contributed by atoms with Crippen LogP contribution in [0.2, 0.25) is 0 Å². The monoisotopic (exact) mass is 250 g/mol. The highest BCUT2D eigenvalue weighted by Gasteiger charge is 2.09. The molecular formula is C14H22N2O2. The molecule has 1 unspecified atom stereocenters. The summed E-state index contributed by atoms with van der Waals surface area (Å²) in [5.74, 6) is 0.143. The van der Waals surface area contributed by atoms with Crippen LogP contribution in [-0.2, 0) is 4.79 Å². The second-order valence-electron chi connectivity index (χ2n) is 4.64. The molecule has 0 saturated heterocycles. The maximum atomic E-state index is 11.7. The van der Waals surface area contributed by atoms with Crippen LogP contribution in [0.5, 0.6) is 5.75 Å². The zero-order chi connectivity index (χ0) is 13.7. The second kappa shape index (κ2) is 6.40. The standard InChI is InChI=1S/C14H22N2O2/c1-5-10(3)15-8-13(17)16-12-7-6-9(2)14(18)11(12)4/h6-7,10,15,18H,5,8H2,1-4H3,(H,16,17). The molecule has 1 amide bonds. The predicted molar refractivity (Wildman–Crippen MR) is 74.0 cm³/mol. The molecule has 4 heteroatoms. The number of hydrogen-bond acceptors (Lipinski definition) is 3. The first-order valence-electron chi connectivity index (χ1n) is 6.28. The summed E-state index contributed by atoms with van der Waals surface area (Å²) in [6.07, 6.45) is 0.984. The van der Waals surface area contributed by atoms with Crippen LogP contribution in [0.15, 0.2) is 12.1 Å². The van der Waals surface area contributed by atoms with Gasteiger partial charge in [0.1, 0.15) is 5.75 Å². The van der Waals surface area contributed by atoms with E-state index in [9.17, 15) is 9.90 Å². The molecule has 0 aliphatic heterocycles. The Morgan fingerprint density at radius 1 is 1.39 bits per heavy atom. The van der Waals surface area contributed by atoms with Gasteiger partial charge in [-0.05, 0) is 38.8 Å². The van der Waals surface area contributed by atoms with Gasteiger partial charge in [0.2, 0.25) is 5.91 Å². The Hall–Kier alpha value is -1.55. The SMILES string of the molecule is CCC(C)NCC(=O)Nc1ccc(C)c(O)c1C. The third kappa shape index (κ3) is 3.74. The van der Waals surface area contributed by atoms with Crippen molar-refractivity contribution in [3.05, 3.63) is 23.3 Å². The topological polar surface area (TPSA) is 61.4 Å². The largest absolute Gasteiger partial charge is 0.507 e. The maximum absolute atomic E-state index is 11.7. The Labute approximate surface area is 108 Å². The summed E-state index contributed by atoms with van der Waals surface area (Å²) in [4.78, 5) is 11.7. The van der Waals surface area contributed by atoms with Crippen LogP contribution < -0.4 is 10.6 Å². The number of carbonyl (C=O) groups is 1. The van der Waals surface area contributed by atoms with E-state index >= 15 is 0 Å². The maximum Gasteiger partial charge on any atom is 0.238 e. The predicted octanol–water partition coefficient (Wildman–Crippen LogP) is 2.34. The van der Waals surface area contributed by atoms with Crippen molar-refractivity contribution in [2.45, 2.75) is 40.2 Å². The number of aromatic hydroxyl groups is 1. The van der Waals surface area contributed by atoms with Gasteiger partial charge in [-0.3, -0.25) is 4.79 Å². The van der Waals surface area contributed by atoms with Gasteiger partial charge in [-0.1, -0.05) is 13.0 Å². The molecule has 3 N–H and O–H groups in total. The molecule has 1 aromatic carbocycles. The summed E-state index contributed by atoms with van der Waals surface area (Å²) < 4.78 is 0. The summed E-state index contributed by atoms with van der Waals surface area (Å²) in [6.45, 7) is 8.01. The van der Waals surface area contributed by atoms with Gasteiger partial charge in [0, 0.05) is 17.3 Å². The molecule has 1 aromatic rings. The molecule has 1 rings (SSSR count). The van der Waals surface area contributed by atoms with E-state index in [1.807, 2.05) is 19.9 Å². The van der Waals surface area contributed by atoms with Crippen molar-refractivity contribution in [1.29, 1.82) is 0 Å². The molecule has 0 bridgehead atoms. The van der Waals surface area contributed by atoms with Crippen LogP contribution in [0.3, 0.4) is 0 Å². The van der Waals surface area contributed by atoms with E-state index in [2.05, 4.69) is 17.6 Å². The minimum absolute atomic E-state index is 0.0957. The van der Waals surface area contributed by atoms with Gasteiger partial charge >= 0.3 is 0 Å². The van der Waals surface area contributed by atoms with Crippen LogP contribution in [-0.4, -0.2) is 23.6 Å². The second-order valence-corrected chi connectivity index (χ2v) is 4.64. The van der Waals surface area contributed by atoms with Gasteiger partial charge < -0.3 is 15.7 Å². The van der Waals surface area contributed by atoms with Crippen LogP contribution in [0.25, 0.3) is 0 Å². The van der Waals surface area contributed by atoms with Gasteiger partial charge in [0.15, 0.2) is 0 Å². The summed E-state index contributed by atoms with van der Waals surface area (Å²) >= 11 is 0. The average Bonchev–Trinajstić information content (AvgIpc) is 2.36. The summed E-state index contributed by atoms with van der Waals surface area (Å²) in [5.41, 5.74) is 2.17. The third-order valence-electron chi connectivity index (χ3n) is 3.13. The van der Waals surface area contributed by atoms with Crippen molar-refractivity contribution in [2.24, 2.45) is 0 Å². The molecule has 18 heavy (non-hydrogen) atoms. The van der Waals surface area contributed by atoms with Crippen molar-refractivity contribution in [1.82, 2.24) is 5.32 Å². The number of phenols is 1. The summed E-state index contributed by atoms with van der Waals surface area (Å²) in [6, 6.07) is 3.93. The van der Waals surface area contributed by atoms with Crippen LogP contribution in [0, 0.1) is 13.8 Å². The van der Waals surface area contributed by atoms with E-state index in [0.29, 0.717) is 17.3 Å². The number of nitrogens with one attached hydrogen (secondary N) is 2. The van der Waals surface area contributed by atoms with Crippen molar-refractivity contribution in [2.75, 3.05) is 11.9 Å². The van der Waals surface area contributed by atoms with E-state index in [1.54, 1.807) is 13.0 Å². The van der Waals surface area contributed by atoms with Crippen molar-refractivity contribution < 1.29 is 9.90 Å². The Morgan fingerprint density at radius 3 is 2.67 bits per heavy atom. The van der Waals surface area contributed by atoms with E-state index < -0.39 is 0 Å². The fourth-order valence-electron chi connectivity index (χ4n) is 1.58. The lowest BCUT2D eigenvalue weighted by Crippen LogP contribution is -2.34. The quantitative estimate of drug-likeness (QED) is 0.751. The Kier molecular flexibility index (Phi) is 5.16. The molecule has 0 aromatic heterocycles. The van der Waals surface area contributed by atoms with E-state index in [-0.39, 0.29) is 18.2 Å². The highest BCUT2D eigenvalue weighted by Crippen LogP contribution is 2.27. The fourth-order valence-corrected chi connectivity index (χ4v) is 1.58. The molecule has 0 spiro atoms. The molecule has 0 radical (unpaired) electrons. The van der Waals surface area contributed by atoms with E-state index in [4.69, 9.17) is 0 Å². The third-order valence-corrected chi connectivity index (χ3v) is 3.13. The van der Waals surface area contributed by atoms with Crippen LogP contribution in [0.1, 0.15) is 31.4 Å². The van der Waals surface area contributed by atoms with Crippen LogP contribution in [0.4, 0.5) is 5.69 Å². The number of carbonyl (C=O) groups excluding carboxylic acids is 1. The normalized spacial score (nSPS) is 12.2. The number of hydrogen-bond donors (Lipinski definition) is 3. The lowest BCUT2D eigenvalue weighted by Gasteiger charge is -2.13. The lowest BCUT2D eigenvalue weighted by molar-refractivity contribution is -0.115. The van der Waals surface area contributed by atoms with Crippen molar-refractivity contribution >= 4 is 11.6 Å². The number of aryl methyl sites for hydroxylation is 1. The molecule has 0 heterocycles. The first-order chi connectivity index (χ1) is 8.45. The molecule has 0 aliphatic carbocycles. The Balaban J connectivity index is 2.63. The average molecular weight is 250 g/mol. The van der Waals surface area contributed by atoms with Gasteiger partial charge in [0.05, 0.1) is 6.54 Å². The summed E-state index contributed by atoms with van der Waals surface area (Å²) in [5, 5.41) is 15.7.